The molecule has 1 aromatic carbocycles. The van der Waals surface area contributed by atoms with Crippen molar-refractivity contribution in [3.8, 4) is 0 Å². The molecule has 5 nitrogen and oxygen atoms in total. The van der Waals surface area contributed by atoms with Gasteiger partial charge in [0.25, 0.3) is 0 Å². The molecule has 0 unspecified atom stereocenters. The molecular formula is C21H28N4O. The molecule has 2 aromatic rings. The fourth-order valence-electron chi connectivity index (χ4n) is 4.16. The molecule has 26 heavy (non-hydrogen) atoms. The van der Waals surface area contributed by atoms with Gasteiger partial charge in [-0.05, 0) is 36.8 Å². The summed E-state index contributed by atoms with van der Waals surface area (Å²) in [7, 11) is 0. The van der Waals surface area contributed by atoms with Crippen LogP contribution in [0.1, 0.15) is 67.8 Å². The molecule has 138 valence electrons. The third-order valence-corrected chi connectivity index (χ3v) is 5.61. The molecule has 0 atom stereocenters. The fourth-order valence-corrected chi connectivity index (χ4v) is 4.16. The van der Waals surface area contributed by atoms with Crippen LogP contribution in [0.15, 0.2) is 24.3 Å². The van der Waals surface area contributed by atoms with E-state index >= 15 is 0 Å². The molecule has 0 radical (unpaired) electrons. The van der Waals surface area contributed by atoms with Crippen molar-refractivity contribution in [1.29, 1.82) is 0 Å². The summed E-state index contributed by atoms with van der Waals surface area (Å²) in [5, 5.41) is 4.87. The highest BCUT2D eigenvalue weighted by Gasteiger charge is 2.27. The lowest BCUT2D eigenvalue weighted by atomic mass is 10.1. The standard InChI is InChI=1S/C21H28N4O/c1-15(2)21-22-19(9-5-11-24-12-6-10-20(24)26)25(23-21)18-13-16-7-3-4-8-17(16)14-18/h3-4,7-8,15,18H,5-6,9-14H2,1-2H3. The van der Waals surface area contributed by atoms with E-state index in [9.17, 15) is 4.79 Å². The number of carbonyl (C=O) groups excluding carboxylic acids is 1. The van der Waals surface area contributed by atoms with Gasteiger partial charge in [-0.1, -0.05) is 38.1 Å². The summed E-state index contributed by atoms with van der Waals surface area (Å²) < 4.78 is 2.18. The lowest BCUT2D eigenvalue weighted by molar-refractivity contribution is -0.127. The van der Waals surface area contributed by atoms with Gasteiger partial charge < -0.3 is 4.90 Å². The molecule has 0 N–H and O–H groups in total. The minimum Gasteiger partial charge on any atom is -0.343 e. The van der Waals surface area contributed by atoms with Crippen molar-refractivity contribution < 1.29 is 4.79 Å². The Bertz CT molecular complexity index is 770. The van der Waals surface area contributed by atoms with Gasteiger partial charge in [-0.2, -0.15) is 5.10 Å². The van der Waals surface area contributed by atoms with Crippen LogP contribution in [0.5, 0.6) is 0 Å². The fraction of sp³-hybridized carbons (Fsp3) is 0.571. The van der Waals surface area contributed by atoms with Crippen molar-refractivity contribution in [2.24, 2.45) is 0 Å². The molecule has 1 amide bonds. The van der Waals surface area contributed by atoms with E-state index < -0.39 is 0 Å². The molecule has 0 spiro atoms. The molecular weight excluding hydrogens is 324 g/mol. The van der Waals surface area contributed by atoms with Gasteiger partial charge >= 0.3 is 0 Å². The maximum Gasteiger partial charge on any atom is 0.222 e. The van der Waals surface area contributed by atoms with Crippen molar-refractivity contribution in [2.45, 2.75) is 64.3 Å². The van der Waals surface area contributed by atoms with Crippen LogP contribution in [-0.2, 0) is 24.1 Å². The average molecular weight is 352 g/mol. The number of amides is 1. The molecule has 5 heteroatoms. The number of benzene rings is 1. The van der Waals surface area contributed by atoms with Crippen molar-refractivity contribution in [3.05, 3.63) is 47.0 Å². The van der Waals surface area contributed by atoms with E-state index in [2.05, 4.69) is 42.8 Å². The maximum atomic E-state index is 11.8. The molecule has 1 aliphatic heterocycles. The van der Waals surface area contributed by atoms with Crippen molar-refractivity contribution >= 4 is 5.91 Å². The van der Waals surface area contributed by atoms with E-state index in [1.807, 2.05) is 4.90 Å². The number of carbonyl (C=O) groups is 1. The third kappa shape index (κ3) is 3.39. The highest BCUT2D eigenvalue weighted by Crippen LogP contribution is 2.31. The Hall–Kier alpha value is -2.17. The van der Waals surface area contributed by atoms with Gasteiger partial charge in [-0.3, -0.25) is 4.79 Å². The summed E-state index contributed by atoms with van der Waals surface area (Å²) in [5.41, 5.74) is 2.88. The zero-order valence-electron chi connectivity index (χ0n) is 15.8. The van der Waals surface area contributed by atoms with Crippen LogP contribution in [0, 0.1) is 0 Å². The number of hydrogen-bond acceptors (Lipinski definition) is 3. The van der Waals surface area contributed by atoms with Gasteiger partial charge in [-0.25, -0.2) is 9.67 Å². The Kier molecular flexibility index (Phi) is 4.79. The molecule has 1 aliphatic carbocycles. The number of rotatable bonds is 6. The monoisotopic (exact) mass is 352 g/mol. The number of hydrogen-bond donors (Lipinski definition) is 0. The van der Waals surface area contributed by atoms with Crippen molar-refractivity contribution in [2.75, 3.05) is 13.1 Å². The lowest BCUT2D eigenvalue weighted by Gasteiger charge is -2.16. The normalized spacial score (nSPS) is 17.5. The smallest absolute Gasteiger partial charge is 0.222 e. The first-order valence-electron chi connectivity index (χ1n) is 9.91. The summed E-state index contributed by atoms with van der Waals surface area (Å²) in [4.78, 5) is 18.6. The van der Waals surface area contributed by atoms with E-state index in [0.29, 0.717) is 24.3 Å². The quantitative estimate of drug-likeness (QED) is 0.801. The minimum atomic E-state index is 0.306. The summed E-state index contributed by atoms with van der Waals surface area (Å²) in [6.07, 6.45) is 5.64. The van der Waals surface area contributed by atoms with E-state index in [0.717, 1.165) is 56.8 Å². The highest BCUT2D eigenvalue weighted by atomic mass is 16.2. The maximum absolute atomic E-state index is 11.8. The Morgan fingerprint density at radius 1 is 1.19 bits per heavy atom. The molecule has 1 saturated heterocycles. The van der Waals surface area contributed by atoms with Crippen LogP contribution in [0.25, 0.3) is 0 Å². The Morgan fingerprint density at radius 2 is 1.92 bits per heavy atom. The largest absolute Gasteiger partial charge is 0.343 e. The van der Waals surface area contributed by atoms with E-state index in [-0.39, 0.29) is 0 Å². The van der Waals surface area contributed by atoms with Crippen LogP contribution < -0.4 is 0 Å². The van der Waals surface area contributed by atoms with Gasteiger partial charge in [-0.15, -0.1) is 0 Å². The van der Waals surface area contributed by atoms with E-state index in [1.165, 1.54) is 11.1 Å². The number of nitrogens with zero attached hydrogens (tertiary/aromatic N) is 4. The second-order valence-corrected chi connectivity index (χ2v) is 7.90. The van der Waals surface area contributed by atoms with Crippen LogP contribution in [0.2, 0.25) is 0 Å². The van der Waals surface area contributed by atoms with Gasteiger partial charge in [0.1, 0.15) is 5.82 Å². The molecule has 1 aromatic heterocycles. The average Bonchev–Trinajstić information content (AvgIpc) is 3.33. The summed E-state index contributed by atoms with van der Waals surface area (Å²) in [6, 6.07) is 9.07. The molecule has 2 aliphatic rings. The first kappa shape index (κ1) is 17.3. The van der Waals surface area contributed by atoms with Crippen LogP contribution in [-0.4, -0.2) is 38.7 Å². The Balaban J connectivity index is 1.48. The summed E-state index contributed by atoms with van der Waals surface area (Å²) in [6.45, 7) is 6.06. The SMILES string of the molecule is CC(C)c1nc(CCCN2CCCC2=O)n(C2Cc3ccccc3C2)n1. The first-order valence-corrected chi connectivity index (χ1v) is 9.91. The summed E-state index contributed by atoms with van der Waals surface area (Å²) in [5.74, 6) is 2.66. The number of likely N-dealkylation sites (tertiary alicyclic amines) is 1. The van der Waals surface area contributed by atoms with Crippen molar-refractivity contribution in [1.82, 2.24) is 19.7 Å². The van der Waals surface area contributed by atoms with Crippen molar-refractivity contribution in [3.63, 3.8) is 0 Å². The topological polar surface area (TPSA) is 51.0 Å². The molecule has 1 fully saturated rings. The van der Waals surface area contributed by atoms with E-state index in [4.69, 9.17) is 10.1 Å². The Labute approximate surface area is 155 Å². The zero-order chi connectivity index (χ0) is 18.1. The zero-order valence-corrected chi connectivity index (χ0v) is 15.8. The molecule has 0 saturated carbocycles. The second kappa shape index (κ2) is 7.22. The molecule has 4 rings (SSSR count). The Morgan fingerprint density at radius 3 is 2.54 bits per heavy atom. The third-order valence-electron chi connectivity index (χ3n) is 5.61. The molecule has 0 bridgehead atoms. The lowest BCUT2D eigenvalue weighted by Crippen LogP contribution is -2.26. The summed E-state index contributed by atoms with van der Waals surface area (Å²) >= 11 is 0. The van der Waals surface area contributed by atoms with Crippen LogP contribution in [0.3, 0.4) is 0 Å². The second-order valence-electron chi connectivity index (χ2n) is 7.90. The predicted octanol–water partition coefficient (Wildman–Crippen LogP) is 3.30. The molecule has 2 heterocycles. The predicted molar refractivity (Wildman–Crippen MR) is 101 cm³/mol. The van der Waals surface area contributed by atoms with Gasteiger partial charge in [0.2, 0.25) is 5.91 Å². The van der Waals surface area contributed by atoms with Crippen LogP contribution in [0.4, 0.5) is 0 Å². The van der Waals surface area contributed by atoms with Crippen LogP contribution >= 0.6 is 0 Å². The van der Waals surface area contributed by atoms with E-state index in [1.54, 1.807) is 0 Å². The highest BCUT2D eigenvalue weighted by molar-refractivity contribution is 5.77. The van der Waals surface area contributed by atoms with Gasteiger partial charge in [0.05, 0.1) is 6.04 Å². The minimum absolute atomic E-state index is 0.306. The first-order chi connectivity index (χ1) is 12.6. The number of fused-ring (bicyclic) bond motifs is 1. The van der Waals surface area contributed by atoms with Gasteiger partial charge in [0, 0.05) is 31.8 Å². The number of aryl methyl sites for hydroxylation is 1. The van der Waals surface area contributed by atoms with Gasteiger partial charge in [0.15, 0.2) is 5.82 Å². The number of aromatic nitrogens is 3.